The highest BCUT2D eigenvalue weighted by molar-refractivity contribution is 4.70. The molecule has 0 aliphatic heterocycles. The topological polar surface area (TPSA) is 30.5 Å². The van der Waals surface area contributed by atoms with Crippen molar-refractivity contribution in [3.8, 4) is 0 Å². The minimum atomic E-state index is -0.0854. The summed E-state index contributed by atoms with van der Waals surface area (Å²) in [5, 5.41) is 3.31. The first-order valence-electron chi connectivity index (χ1n) is 5.81. The van der Waals surface area contributed by atoms with Gasteiger partial charge in [0.25, 0.3) is 0 Å². The normalized spacial score (nSPS) is 12.4. The summed E-state index contributed by atoms with van der Waals surface area (Å²) in [5.74, 6) is 0.727. The van der Waals surface area contributed by atoms with Crippen molar-refractivity contribution in [1.29, 1.82) is 0 Å². The minimum Gasteiger partial charge on any atom is -0.380 e. The highest BCUT2D eigenvalue weighted by Crippen LogP contribution is 2.04. The fraction of sp³-hybridized carbons (Fsp3) is 1.00. The average molecular weight is 217 g/mol. The summed E-state index contributed by atoms with van der Waals surface area (Å²) in [6.45, 7) is 12.0. The second-order valence-corrected chi connectivity index (χ2v) is 4.94. The van der Waals surface area contributed by atoms with E-state index < -0.39 is 0 Å². The Bertz CT molecular complexity index is 147. The zero-order valence-electron chi connectivity index (χ0n) is 10.9. The summed E-state index contributed by atoms with van der Waals surface area (Å²) in [5.41, 5.74) is -0.0854. The molecule has 0 rings (SSSR count). The van der Waals surface area contributed by atoms with Crippen LogP contribution in [0.5, 0.6) is 0 Å². The van der Waals surface area contributed by atoms with E-state index in [0.29, 0.717) is 0 Å². The molecule has 92 valence electrons. The molecule has 1 N–H and O–H groups in total. The van der Waals surface area contributed by atoms with Gasteiger partial charge in [0.05, 0.1) is 12.2 Å². The molecule has 0 aliphatic rings. The van der Waals surface area contributed by atoms with Crippen LogP contribution in [0, 0.1) is 5.92 Å². The zero-order chi connectivity index (χ0) is 11.7. The SMILES string of the molecule is COC(C)(C)CNCCOCCC(C)C. The van der Waals surface area contributed by atoms with E-state index in [4.69, 9.17) is 9.47 Å². The lowest BCUT2D eigenvalue weighted by molar-refractivity contribution is 0.0214. The number of nitrogens with one attached hydrogen (secondary N) is 1. The molecule has 0 amide bonds. The van der Waals surface area contributed by atoms with Gasteiger partial charge in [-0.2, -0.15) is 0 Å². The second kappa shape index (κ2) is 8.08. The van der Waals surface area contributed by atoms with Gasteiger partial charge in [-0.25, -0.2) is 0 Å². The molecule has 3 nitrogen and oxygen atoms in total. The summed E-state index contributed by atoms with van der Waals surface area (Å²) in [7, 11) is 1.74. The molecule has 0 fully saturated rings. The lowest BCUT2D eigenvalue weighted by atomic mass is 10.1. The lowest BCUT2D eigenvalue weighted by Crippen LogP contribution is -2.38. The molecule has 0 radical (unpaired) electrons. The van der Waals surface area contributed by atoms with Crippen LogP contribution in [0.3, 0.4) is 0 Å². The van der Waals surface area contributed by atoms with Crippen molar-refractivity contribution in [3.05, 3.63) is 0 Å². The first-order chi connectivity index (χ1) is 6.98. The van der Waals surface area contributed by atoms with Crippen LogP contribution in [0.2, 0.25) is 0 Å². The Morgan fingerprint density at radius 1 is 1.20 bits per heavy atom. The highest BCUT2D eigenvalue weighted by atomic mass is 16.5. The van der Waals surface area contributed by atoms with E-state index in [2.05, 4.69) is 33.0 Å². The van der Waals surface area contributed by atoms with Gasteiger partial charge in [-0.1, -0.05) is 13.8 Å². The molecule has 0 unspecified atom stereocenters. The Labute approximate surface area is 94.5 Å². The maximum atomic E-state index is 5.49. The van der Waals surface area contributed by atoms with Crippen molar-refractivity contribution in [1.82, 2.24) is 5.32 Å². The van der Waals surface area contributed by atoms with Crippen LogP contribution < -0.4 is 5.32 Å². The molecule has 0 aromatic rings. The predicted molar refractivity (Wildman–Crippen MR) is 64.2 cm³/mol. The minimum absolute atomic E-state index is 0.0854. The monoisotopic (exact) mass is 217 g/mol. The van der Waals surface area contributed by atoms with Crippen molar-refractivity contribution in [2.45, 2.75) is 39.7 Å². The van der Waals surface area contributed by atoms with Gasteiger partial charge in [-0.15, -0.1) is 0 Å². The van der Waals surface area contributed by atoms with Gasteiger partial charge < -0.3 is 14.8 Å². The molecule has 0 aliphatic carbocycles. The van der Waals surface area contributed by atoms with Crippen molar-refractivity contribution in [3.63, 3.8) is 0 Å². The standard InChI is InChI=1S/C12H27NO2/c1-11(2)6-8-15-9-7-13-10-12(3,4)14-5/h11,13H,6-10H2,1-5H3. The fourth-order valence-electron chi connectivity index (χ4n) is 1.03. The van der Waals surface area contributed by atoms with Crippen LogP contribution in [-0.2, 0) is 9.47 Å². The largest absolute Gasteiger partial charge is 0.380 e. The fourth-order valence-corrected chi connectivity index (χ4v) is 1.03. The Hall–Kier alpha value is -0.120. The van der Waals surface area contributed by atoms with E-state index in [1.807, 2.05) is 0 Å². The maximum absolute atomic E-state index is 5.49. The van der Waals surface area contributed by atoms with Crippen LogP contribution in [0.25, 0.3) is 0 Å². The first kappa shape index (κ1) is 14.9. The van der Waals surface area contributed by atoms with Gasteiger partial charge in [-0.05, 0) is 26.2 Å². The molecule has 0 spiro atoms. The van der Waals surface area contributed by atoms with Crippen LogP contribution in [0.4, 0.5) is 0 Å². The third-order valence-corrected chi connectivity index (χ3v) is 2.37. The third kappa shape index (κ3) is 10.2. The lowest BCUT2D eigenvalue weighted by Gasteiger charge is -2.23. The second-order valence-electron chi connectivity index (χ2n) is 4.94. The molecule has 0 aromatic heterocycles. The van der Waals surface area contributed by atoms with Gasteiger partial charge in [0, 0.05) is 26.8 Å². The summed E-state index contributed by atoms with van der Waals surface area (Å²) in [4.78, 5) is 0. The molecule has 0 heterocycles. The van der Waals surface area contributed by atoms with E-state index in [1.54, 1.807) is 7.11 Å². The van der Waals surface area contributed by atoms with Gasteiger partial charge in [0.15, 0.2) is 0 Å². The van der Waals surface area contributed by atoms with E-state index in [-0.39, 0.29) is 5.60 Å². The van der Waals surface area contributed by atoms with Crippen molar-refractivity contribution in [2.24, 2.45) is 5.92 Å². The average Bonchev–Trinajstić information content (AvgIpc) is 2.16. The van der Waals surface area contributed by atoms with Gasteiger partial charge in [0.1, 0.15) is 0 Å². The molecule has 15 heavy (non-hydrogen) atoms. The Kier molecular flexibility index (Phi) is 8.02. The molecular weight excluding hydrogens is 190 g/mol. The van der Waals surface area contributed by atoms with Gasteiger partial charge in [0.2, 0.25) is 0 Å². The Balaban J connectivity index is 3.18. The molecule has 0 saturated carbocycles. The molecule has 0 saturated heterocycles. The summed E-state index contributed by atoms with van der Waals surface area (Å²) < 4.78 is 10.8. The number of methoxy groups -OCH3 is 1. The number of hydrogen-bond acceptors (Lipinski definition) is 3. The van der Waals surface area contributed by atoms with Gasteiger partial charge in [-0.3, -0.25) is 0 Å². The third-order valence-electron chi connectivity index (χ3n) is 2.37. The molecule has 3 heteroatoms. The zero-order valence-corrected chi connectivity index (χ0v) is 10.9. The Morgan fingerprint density at radius 2 is 1.87 bits per heavy atom. The van der Waals surface area contributed by atoms with Crippen LogP contribution >= 0.6 is 0 Å². The highest BCUT2D eigenvalue weighted by Gasteiger charge is 2.14. The number of ether oxygens (including phenoxy) is 2. The molecule has 0 bridgehead atoms. The molecule has 0 atom stereocenters. The van der Waals surface area contributed by atoms with E-state index in [9.17, 15) is 0 Å². The van der Waals surface area contributed by atoms with Crippen molar-refractivity contribution in [2.75, 3.05) is 33.4 Å². The quantitative estimate of drug-likeness (QED) is 0.600. The molecular formula is C12H27NO2. The van der Waals surface area contributed by atoms with Crippen molar-refractivity contribution >= 4 is 0 Å². The van der Waals surface area contributed by atoms with Crippen LogP contribution in [0.1, 0.15) is 34.1 Å². The van der Waals surface area contributed by atoms with Crippen molar-refractivity contribution < 1.29 is 9.47 Å². The first-order valence-corrected chi connectivity index (χ1v) is 5.81. The molecule has 0 aromatic carbocycles. The van der Waals surface area contributed by atoms with E-state index in [1.165, 1.54) is 0 Å². The smallest absolute Gasteiger partial charge is 0.0746 e. The summed E-state index contributed by atoms with van der Waals surface area (Å²) >= 11 is 0. The maximum Gasteiger partial charge on any atom is 0.0746 e. The Morgan fingerprint density at radius 3 is 2.40 bits per heavy atom. The predicted octanol–water partition coefficient (Wildman–Crippen LogP) is 2.06. The summed E-state index contributed by atoms with van der Waals surface area (Å²) in [6, 6.07) is 0. The number of rotatable bonds is 9. The van der Waals surface area contributed by atoms with Crippen LogP contribution in [-0.4, -0.2) is 39.0 Å². The van der Waals surface area contributed by atoms with E-state index >= 15 is 0 Å². The van der Waals surface area contributed by atoms with Gasteiger partial charge >= 0.3 is 0 Å². The number of hydrogen-bond donors (Lipinski definition) is 1. The van der Waals surface area contributed by atoms with Crippen LogP contribution in [0.15, 0.2) is 0 Å². The summed E-state index contributed by atoms with van der Waals surface area (Å²) in [6.07, 6.45) is 1.14. The van der Waals surface area contributed by atoms with E-state index in [0.717, 1.165) is 38.6 Å².